The van der Waals surface area contributed by atoms with E-state index >= 15 is 0 Å². The van der Waals surface area contributed by atoms with Gasteiger partial charge in [0.15, 0.2) is 0 Å². The molecule has 0 bridgehead atoms. The number of nitrogens with one attached hydrogen (secondary N) is 1. The van der Waals surface area contributed by atoms with Crippen LogP contribution in [-0.2, 0) is 6.42 Å². The molecule has 2 rings (SSSR count). The Kier molecular flexibility index (Phi) is 3.46. The molecule has 88 valence electrons. The van der Waals surface area contributed by atoms with E-state index in [0.717, 1.165) is 25.2 Å². The van der Waals surface area contributed by atoms with E-state index in [1.807, 2.05) is 19.1 Å². The molecule has 1 N–H and O–H groups in total. The molecule has 16 heavy (non-hydrogen) atoms. The van der Waals surface area contributed by atoms with Crippen LogP contribution in [0.1, 0.15) is 30.5 Å². The Hall–Kier alpha value is -1.06. The summed E-state index contributed by atoms with van der Waals surface area (Å²) in [6.45, 7) is 3.03. The Balaban J connectivity index is 2.18. The maximum Gasteiger partial charge on any atom is 0.122 e. The first-order chi connectivity index (χ1) is 7.70. The van der Waals surface area contributed by atoms with Gasteiger partial charge in [0.05, 0.1) is 6.61 Å². The lowest BCUT2D eigenvalue weighted by atomic mass is 10.0. The van der Waals surface area contributed by atoms with E-state index in [9.17, 15) is 0 Å². The van der Waals surface area contributed by atoms with Gasteiger partial charge in [-0.3, -0.25) is 5.01 Å². The first kappa shape index (κ1) is 11.4. The third-order valence-electron chi connectivity index (χ3n) is 2.94. The Labute approximate surface area is 97.4 Å². The third kappa shape index (κ3) is 2.36. The summed E-state index contributed by atoms with van der Waals surface area (Å²) in [6, 6.07) is 6.92. The minimum atomic E-state index is 0.390. The number of hydrogen-bond acceptors (Lipinski definition) is 3. The van der Waals surface area contributed by atoms with E-state index in [0.29, 0.717) is 6.04 Å². The molecule has 0 saturated carbocycles. The predicted octanol–water partition coefficient (Wildman–Crippen LogP) is 2.14. The van der Waals surface area contributed by atoms with Crippen LogP contribution in [0.25, 0.3) is 0 Å². The fourth-order valence-electron chi connectivity index (χ4n) is 2.14. The lowest BCUT2D eigenvalue weighted by molar-refractivity contribution is 0.239. The molecule has 0 aromatic heterocycles. The summed E-state index contributed by atoms with van der Waals surface area (Å²) in [5.41, 5.74) is 6.12. The maximum atomic E-state index is 5.52. The summed E-state index contributed by atoms with van der Waals surface area (Å²) in [7, 11) is 4.05. The SMILES string of the molecule is CCC(NN(C)C)c1ccc2c(c1)CCO2. The molecule has 0 aliphatic carbocycles. The Morgan fingerprint density at radius 2 is 2.25 bits per heavy atom. The quantitative estimate of drug-likeness (QED) is 0.787. The second-order valence-corrected chi connectivity index (χ2v) is 4.45. The smallest absolute Gasteiger partial charge is 0.122 e. The van der Waals surface area contributed by atoms with Gasteiger partial charge in [-0.2, -0.15) is 0 Å². The summed E-state index contributed by atoms with van der Waals surface area (Å²) < 4.78 is 5.52. The summed E-state index contributed by atoms with van der Waals surface area (Å²) in [4.78, 5) is 0. The zero-order chi connectivity index (χ0) is 11.5. The average molecular weight is 220 g/mol. The first-order valence-electron chi connectivity index (χ1n) is 5.90. The molecule has 1 unspecified atom stereocenters. The molecule has 3 nitrogen and oxygen atoms in total. The van der Waals surface area contributed by atoms with Crippen molar-refractivity contribution in [2.24, 2.45) is 0 Å². The van der Waals surface area contributed by atoms with Gasteiger partial charge in [0, 0.05) is 26.6 Å². The molecule has 0 fully saturated rings. The van der Waals surface area contributed by atoms with Gasteiger partial charge < -0.3 is 4.74 Å². The van der Waals surface area contributed by atoms with Gasteiger partial charge >= 0.3 is 0 Å². The van der Waals surface area contributed by atoms with Crippen LogP contribution in [0.2, 0.25) is 0 Å². The second-order valence-electron chi connectivity index (χ2n) is 4.45. The monoisotopic (exact) mass is 220 g/mol. The topological polar surface area (TPSA) is 24.5 Å². The molecule has 1 aromatic carbocycles. The van der Waals surface area contributed by atoms with Gasteiger partial charge in [-0.25, -0.2) is 5.43 Å². The minimum absolute atomic E-state index is 0.390. The molecule has 0 radical (unpaired) electrons. The molecule has 0 amide bonds. The predicted molar refractivity (Wildman–Crippen MR) is 65.5 cm³/mol. The van der Waals surface area contributed by atoms with Crippen molar-refractivity contribution in [3.05, 3.63) is 29.3 Å². The van der Waals surface area contributed by atoms with Crippen LogP contribution < -0.4 is 10.2 Å². The first-order valence-corrected chi connectivity index (χ1v) is 5.90. The van der Waals surface area contributed by atoms with Crippen molar-refractivity contribution >= 4 is 0 Å². The highest BCUT2D eigenvalue weighted by atomic mass is 16.5. The van der Waals surface area contributed by atoms with Crippen molar-refractivity contribution in [1.29, 1.82) is 0 Å². The molecule has 1 aliphatic heterocycles. The van der Waals surface area contributed by atoms with E-state index in [1.165, 1.54) is 11.1 Å². The van der Waals surface area contributed by atoms with Gasteiger partial charge in [-0.05, 0) is 23.6 Å². The Morgan fingerprint density at radius 1 is 1.44 bits per heavy atom. The van der Waals surface area contributed by atoms with Crippen molar-refractivity contribution in [3.63, 3.8) is 0 Å². The number of rotatable bonds is 4. The highest BCUT2D eigenvalue weighted by Crippen LogP contribution is 2.29. The molecule has 0 spiro atoms. The third-order valence-corrected chi connectivity index (χ3v) is 2.94. The molecule has 1 aromatic rings. The number of fused-ring (bicyclic) bond motifs is 1. The summed E-state index contributed by atoms with van der Waals surface area (Å²) >= 11 is 0. The van der Waals surface area contributed by atoms with Gasteiger partial charge in [0.2, 0.25) is 0 Å². The van der Waals surface area contributed by atoms with Crippen molar-refractivity contribution in [3.8, 4) is 5.75 Å². The lowest BCUT2D eigenvalue weighted by Gasteiger charge is -2.22. The Bertz CT molecular complexity index is 363. The molecular weight excluding hydrogens is 200 g/mol. The minimum Gasteiger partial charge on any atom is -0.493 e. The van der Waals surface area contributed by atoms with E-state index in [2.05, 4.69) is 30.5 Å². The number of hydrogen-bond donors (Lipinski definition) is 1. The molecule has 1 aliphatic rings. The van der Waals surface area contributed by atoms with Crippen LogP contribution in [0.4, 0.5) is 0 Å². The van der Waals surface area contributed by atoms with Gasteiger partial charge in [-0.1, -0.05) is 19.1 Å². The highest BCUT2D eigenvalue weighted by molar-refractivity contribution is 5.40. The summed E-state index contributed by atoms with van der Waals surface area (Å²) in [5.74, 6) is 1.06. The van der Waals surface area contributed by atoms with Crippen LogP contribution >= 0.6 is 0 Å². The van der Waals surface area contributed by atoms with E-state index < -0.39 is 0 Å². The Morgan fingerprint density at radius 3 is 2.94 bits per heavy atom. The van der Waals surface area contributed by atoms with Gasteiger partial charge in [0.1, 0.15) is 5.75 Å². The molecule has 3 heteroatoms. The van der Waals surface area contributed by atoms with Crippen molar-refractivity contribution in [2.45, 2.75) is 25.8 Å². The maximum absolute atomic E-state index is 5.52. The van der Waals surface area contributed by atoms with Crippen LogP contribution in [0, 0.1) is 0 Å². The summed E-state index contributed by atoms with van der Waals surface area (Å²) in [5, 5.41) is 2.01. The average Bonchev–Trinajstić information content (AvgIpc) is 2.72. The van der Waals surface area contributed by atoms with E-state index in [4.69, 9.17) is 4.74 Å². The van der Waals surface area contributed by atoms with Crippen molar-refractivity contribution in [1.82, 2.24) is 10.4 Å². The molecule has 0 saturated heterocycles. The lowest BCUT2D eigenvalue weighted by Crippen LogP contribution is -2.33. The zero-order valence-electron chi connectivity index (χ0n) is 10.3. The molecule has 1 atom stereocenters. The number of hydrazine groups is 1. The fourth-order valence-corrected chi connectivity index (χ4v) is 2.14. The standard InChI is InChI=1S/C13H20N2O/c1-4-12(14-15(2)3)10-5-6-13-11(9-10)7-8-16-13/h5-6,9,12,14H,4,7-8H2,1-3H3. The van der Waals surface area contributed by atoms with Gasteiger partial charge in [-0.15, -0.1) is 0 Å². The number of benzene rings is 1. The summed E-state index contributed by atoms with van der Waals surface area (Å²) in [6.07, 6.45) is 2.12. The molecule has 1 heterocycles. The van der Waals surface area contributed by atoms with Gasteiger partial charge in [0.25, 0.3) is 0 Å². The highest BCUT2D eigenvalue weighted by Gasteiger charge is 2.16. The van der Waals surface area contributed by atoms with Crippen molar-refractivity contribution in [2.75, 3.05) is 20.7 Å². The van der Waals surface area contributed by atoms with Crippen LogP contribution in [0.15, 0.2) is 18.2 Å². The normalized spacial score (nSPS) is 16.0. The largest absolute Gasteiger partial charge is 0.493 e. The van der Waals surface area contributed by atoms with Crippen LogP contribution in [-0.4, -0.2) is 25.7 Å². The second kappa shape index (κ2) is 4.85. The van der Waals surface area contributed by atoms with Crippen LogP contribution in [0.5, 0.6) is 5.75 Å². The number of nitrogens with zero attached hydrogens (tertiary/aromatic N) is 1. The van der Waals surface area contributed by atoms with E-state index in [-0.39, 0.29) is 0 Å². The molecular formula is C13H20N2O. The fraction of sp³-hybridized carbons (Fsp3) is 0.538. The van der Waals surface area contributed by atoms with E-state index in [1.54, 1.807) is 0 Å². The van der Waals surface area contributed by atoms with Crippen LogP contribution in [0.3, 0.4) is 0 Å². The number of ether oxygens (including phenoxy) is 1. The van der Waals surface area contributed by atoms with Crippen molar-refractivity contribution < 1.29 is 4.74 Å². The zero-order valence-corrected chi connectivity index (χ0v) is 10.3.